The van der Waals surface area contributed by atoms with Gasteiger partial charge in [0.05, 0.1) is 36.6 Å². The lowest BCUT2D eigenvalue weighted by Crippen LogP contribution is -2.17. The maximum absolute atomic E-state index is 13.5. The third-order valence-corrected chi connectivity index (χ3v) is 2.82. The topological polar surface area (TPSA) is 27.1 Å². The van der Waals surface area contributed by atoms with Crippen LogP contribution in [0.3, 0.4) is 0 Å². The number of halogens is 1. The van der Waals surface area contributed by atoms with Gasteiger partial charge >= 0.3 is 0 Å². The molecule has 0 N–H and O–H groups in total. The lowest BCUT2D eigenvalue weighted by Gasteiger charge is -2.13. The molecule has 1 aromatic heterocycles. The van der Waals surface area contributed by atoms with Crippen molar-refractivity contribution in [3.8, 4) is 0 Å². The average Bonchev–Trinajstić information content (AvgIpc) is 2.83. The van der Waals surface area contributed by atoms with Gasteiger partial charge in [-0.3, -0.25) is 0 Å². The van der Waals surface area contributed by atoms with Crippen LogP contribution < -0.4 is 0 Å². The summed E-state index contributed by atoms with van der Waals surface area (Å²) in [5.74, 6) is 0. The van der Waals surface area contributed by atoms with Crippen molar-refractivity contribution in [2.24, 2.45) is 0 Å². The highest BCUT2D eigenvalue weighted by Gasteiger charge is 2.30. The molecule has 0 saturated carbocycles. The van der Waals surface area contributed by atoms with Crippen LogP contribution in [0, 0.1) is 0 Å². The number of fused-ring (bicyclic) bond motifs is 1. The first-order valence-electron chi connectivity index (χ1n) is 4.99. The van der Waals surface area contributed by atoms with E-state index in [0.29, 0.717) is 6.61 Å². The Morgan fingerprint density at radius 3 is 3.00 bits per heavy atom. The van der Waals surface area contributed by atoms with Crippen molar-refractivity contribution in [1.29, 1.82) is 0 Å². The summed E-state index contributed by atoms with van der Waals surface area (Å²) in [5, 5.41) is 0. The molecule has 1 fully saturated rings. The summed E-state index contributed by atoms with van der Waals surface area (Å²) >= 11 is 0. The van der Waals surface area contributed by atoms with E-state index < -0.39 is 6.17 Å². The van der Waals surface area contributed by atoms with Crippen LogP contribution in [-0.2, 0) is 4.74 Å². The van der Waals surface area contributed by atoms with Gasteiger partial charge < -0.3 is 9.30 Å². The number of nitrogens with zero attached hydrogens (tertiary/aromatic N) is 2. The van der Waals surface area contributed by atoms with E-state index in [4.69, 9.17) is 4.74 Å². The Morgan fingerprint density at radius 2 is 2.20 bits per heavy atom. The first-order valence-corrected chi connectivity index (χ1v) is 4.99. The molecular weight excluding hydrogens is 195 g/mol. The van der Waals surface area contributed by atoms with Crippen LogP contribution in [0.5, 0.6) is 0 Å². The second kappa shape index (κ2) is 3.31. The Balaban J connectivity index is 2.10. The van der Waals surface area contributed by atoms with Crippen molar-refractivity contribution < 1.29 is 9.13 Å². The molecule has 15 heavy (non-hydrogen) atoms. The number of aromatic nitrogens is 2. The van der Waals surface area contributed by atoms with Gasteiger partial charge in [-0.05, 0) is 12.1 Å². The first kappa shape index (κ1) is 8.85. The van der Waals surface area contributed by atoms with Gasteiger partial charge in [0.2, 0.25) is 0 Å². The normalized spacial score (nSPS) is 26.2. The van der Waals surface area contributed by atoms with Gasteiger partial charge in [0, 0.05) is 0 Å². The molecule has 2 aromatic rings. The van der Waals surface area contributed by atoms with E-state index in [-0.39, 0.29) is 12.6 Å². The monoisotopic (exact) mass is 206 g/mol. The van der Waals surface area contributed by atoms with Gasteiger partial charge in [0.15, 0.2) is 0 Å². The summed E-state index contributed by atoms with van der Waals surface area (Å²) in [7, 11) is 0. The van der Waals surface area contributed by atoms with E-state index in [9.17, 15) is 4.39 Å². The minimum Gasteiger partial charge on any atom is -0.376 e. The number of benzene rings is 1. The van der Waals surface area contributed by atoms with E-state index in [0.717, 1.165) is 11.0 Å². The molecule has 78 valence electrons. The zero-order valence-electron chi connectivity index (χ0n) is 8.14. The van der Waals surface area contributed by atoms with Crippen LogP contribution in [0.1, 0.15) is 6.04 Å². The SMILES string of the molecule is F[C@@H]1COC[C@H]1n1cnc2ccccc21. The summed E-state index contributed by atoms with van der Waals surface area (Å²) in [6, 6.07) is 7.52. The molecule has 1 aliphatic rings. The summed E-state index contributed by atoms with van der Waals surface area (Å²) in [5.41, 5.74) is 1.87. The maximum atomic E-state index is 13.5. The van der Waals surface area contributed by atoms with Gasteiger partial charge in [-0.15, -0.1) is 0 Å². The Kier molecular flexibility index (Phi) is 1.95. The molecule has 3 nitrogen and oxygen atoms in total. The second-order valence-electron chi connectivity index (χ2n) is 3.76. The molecule has 1 aromatic carbocycles. The third kappa shape index (κ3) is 1.33. The highest BCUT2D eigenvalue weighted by Crippen LogP contribution is 2.26. The highest BCUT2D eigenvalue weighted by atomic mass is 19.1. The van der Waals surface area contributed by atoms with Crippen LogP contribution in [0.25, 0.3) is 11.0 Å². The molecular formula is C11H11FN2O. The summed E-state index contributed by atoms with van der Waals surface area (Å²) in [6.45, 7) is 0.624. The smallest absolute Gasteiger partial charge is 0.146 e. The van der Waals surface area contributed by atoms with Crippen LogP contribution in [-0.4, -0.2) is 28.9 Å². The van der Waals surface area contributed by atoms with Crippen molar-refractivity contribution in [1.82, 2.24) is 9.55 Å². The number of para-hydroxylation sites is 2. The van der Waals surface area contributed by atoms with E-state index in [1.807, 2.05) is 28.8 Å². The molecule has 0 unspecified atom stereocenters. The molecule has 1 saturated heterocycles. The molecule has 0 spiro atoms. The zero-order chi connectivity index (χ0) is 10.3. The molecule has 0 radical (unpaired) electrons. The Labute approximate surface area is 86.5 Å². The summed E-state index contributed by atoms with van der Waals surface area (Å²) in [4.78, 5) is 4.24. The number of alkyl halides is 1. The van der Waals surface area contributed by atoms with Crippen molar-refractivity contribution in [2.75, 3.05) is 13.2 Å². The van der Waals surface area contributed by atoms with Crippen LogP contribution in [0.2, 0.25) is 0 Å². The quantitative estimate of drug-likeness (QED) is 0.713. The van der Waals surface area contributed by atoms with Crippen molar-refractivity contribution in [3.63, 3.8) is 0 Å². The molecule has 1 aliphatic heterocycles. The number of ether oxygens (including phenoxy) is 1. The molecule has 0 amide bonds. The van der Waals surface area contributed by atoms with E-state index in [2.05, 4.69) is 4.98 Å². The molecule has 4 heteroatoms. The van der Waals surface area contributed by atoms with Gasteiger partial charge in [-0.2, -0.15) is 0 Å². The Hall–Kier alpha value is -1.42. The zero-order valence-corrected chi connectivity index (χ0v) is 8.14. The number of rotatable bonds is 1. The number of hydrogen-bond donors (Lipinski definition) is 0. The molecule has 3 rings (SSSR count). The Bertz CT molecular complexity index is 482. The van der Waals surface area contributed by atoms with Gasteiger partial charge in [0.25, 0.3) is 0 Å². The predicted molar refractivity (Wildman–Crippen MR) is 54.5 cm³/mol. The largest absolute Gasteiger partial charge is 0.376 e. The average molecular weight is 206 g/mol. The first-order chi connectivity index (χ1) is 7.36. The van der Waals surface area contributed by atoms with Gasteiger partial charge in [-0.1, -0.05) is 12.1 Å². The van der Waals surface area contributed by atoms with Crippen molar-refractivity contribution in [2.45, 2.75) is 12.2 Å². The van der Waals surface area contributed by atoms with E-state index in [1.54, 1.807) is 6.33 Å². The van der Waals surface area contributed by atoms with Crippen LogP contribution >= 0.6 is 0 Å². The van der Waals surface area contributed by atoms with Crippen molar-refractivity contribution in [3.05, 3.63) is 30.6 Å². The minimum absolute atomic E-state index is 0.192. The highest BCUT2D eigenvalue weighted by molar-refractivity contribution is 5.75. The van der Waals surface area contributed by atoms with E-state index >= 15 is 0 Å². The van der Waals surface area contributed by atoms with Crippen LogP contribution in [0.4, 0.5) is 4.39 Å². The van der Waals surface area contributed by atoms with Gasteiger partial charge in [-0.25, -0.2) is 9.37 Å². The maximum Gasteiger partial charge on any atom is 0.146 e. The fraction of sp³-hybridized carbons (Fsp3) is 0.364. The lowest BCUT2D eigenvalue weighted by molar-refractivity contribution is 0.172. The predicted octanol–water partition coefficient (Wildman–Crippen LogP) is 1.95. The number of hydrogen-bond acceptors (Lipinski definition) is 2. The van der Waals surface area contributed by atoms with E-state index in [1.165, 1.54) is 0 Å². The van der Waals surface area contributed by atoms with Crippen LogP contribution in [0.15, 0.2) is 30.6 Å². The molecule has 2 heterocycles. The lowest BCUT2D eigenvalue weighted by atomic mass is 10.2. The molecule has 2 atom stereocenters. The Morgan fingerprint density at radius 1 is 1.33 bits per heavy atom. The molecule has 0 bridgehead atoms. The minimum atomic E-state index is -0.928. The summed E-state index contributed by atoms with van der Waals surface area (Å²) in [6.07, 6.45) is 0.763. The number of imidazole rings is 1. The fourth-order valence-corrected chi connectivity index (χ4v) is 2.01. The molecule has 0 aliphatic carbocycles. The summed E-state index contributed by atoms with van der Waals surface area (Å²) < 4.78 is 20.5. The second-order valence-corrected chi connectivity index (χ2v) is 3.76. The fourth-order valence-electron chi connectivity index (χ4n) is 2.01. The third-order valence-electron chi connectivity index (χ3n) is 2.82. The van der Waals surface area contributed by atoms with Gasteiger partial charge in [0.1, 0.15) is 6.17 Å². The van der Waals surface area contributed by atoms with Crippen molar-refractivity contribution >= 4 is 11.0 Å². The standard InChI is InChI=1S/C11H11FN2O/c12-8-5-15-6-11(8)14-7-13-9-3-1-2-4-10(9)14/h1-4,7-8,11H,5-6H2/t8-,11-/m1/s1.